The minimum atomic E-state index is -0.726. The van der Waals surface area contributed by atoms with Gasteiger partial charge in [-0.1, -0.05) is 41.9 Å². The monoisotopic (exact) mass is 343 g/mol. The maximum Gasteiger partial charge on any atom is 0.347 e. The Morgan fingerprint density at radius 3 is 2.71 bits per heavy atom. The summed E-state index contributed by atoms with van der Waals surface area (Å²) in [5.41, 5.74) is 1.34. The fraction of sp³-hybridized carbons (Fsp3) is 0.111. The lowest BCUT2D eigenvalue weighted by Gasteiger charge is -2.09. The average molecular weight is 344 g/mol. The van der Waals surface area contributed by atoms with E-state index in [1.807, 2.05) is 18.2 Å². The van der Waals surface area contributed by atoms with Crippen LogP contribution >= 0.6 is 11.6 Å². The Morgan fingerprint density at radius 1 is 1.17 bits per heavy atom. The zero-order valence-electron chi connectivity index (χ0n) is 12.6. The second kappa shape index (κ2) is 7.19. The third kappa shape index (κ3) is 3.75. The summed E-state index contributed by atoms with van der Waals surface area (Å²) in [4.78, 5) is 24.2. The second-order valence-corrected chi connectivity index (χ2v) is 5.55. The van der Waals surface area contributed by atoms with E-state index in [1.165, 1.54) is 0 Å². The molecule has 122 valence electrons. The van der Waals surface area contributed by atoms with Crippen LogP contribution in [0.25, 0.3) is 0 Å². The topological polar surface area (TPSA) is 64.6 Å². The molecule has 6 heteroatoms. The number of hydrogen-bond acceptors (Lipinski definition) is 5. The van der Waals surface area contributed by atoms with E-state index in [9.17, 15) is 9.59 Å². The molecule has 0 saturated carbocycles. The minimum Gasteiger partial charge on any atom is -0.470 e. The summed E-state index contributed by atoms with van der Waals surface area (Å²) < 4.78 is 10.5. The van der Waals surface area contributed by atoms with E-state index in [1.54, 1.807) is 36.4 Å². The molecule has 0 unspecified atom stereocenters. The molecule has 3 rings (SSSR count). The Labute approximate surface area is 143 Å². The van der Waals surface area contributed by atoms with E-state index in [4.69, 9.17) is 21.1 Å². The number of esters is 1. The van der Waals surface area contributed by atoms with Crippen molar-refractivity contribution in [2.24, 2.45) is 0 Å². The van der Waals surface area contributed by atoms with Gasteiger partial charge in [0, 0.05) is 10.7 Å². The fourth-order valence-electron chi connectivity index (χ4n) is 2.21. The van der Waals surface area contributed by atoms with Crippen LogP contribution in [0.4, 0.5) is 5.69 Å². The molecule has 0 radical (unpaired) electrons. The molecular weight excluding hydrogens is 330 g/mol. The van der Waals surface area contributed by atoms with Crippen molar-refractivity contribution in [3.05, 3.63) is 76.6 Å². The van der Waals surface area contributed by atoms with Crippen molar-refractivity contribution in [3.8, 4) is 0 Å². The summed E-state index contributed by atoms with van der Waals surface area (Å²) in [5.74, 6) is -1.03. The number of carbonyl (C=O) groups is 2. The van der Waals surface area contributed by atoms with E-state index in [2.05, 4.69) is 5.32 Å². The molecule has 0 fully saturated rings. The van der Waals surface area contributed by atoms with E-state index in [0.29, 0.717) is 10.7 Å². The molecule has 0 aromatic heterocycles. The van der Waals surface area contributed by atoms with Crippen LogP contribution in [0.15, 0.2) is 66.1 Å². The van der Waals surface area contributed by atoms with Gasteiger partial charge in [0.2, 0.25) is 11.7 Å². The maximum absolute atomic E-state index is 12.3. The Hall–Kier alpha value is -2.79. The fourth-order valence-corrected chi connectivity index (χ4v) is 2.43. The lowest BCUT2D eigenvalue weighted by molar-refractivity contribution is -0.141. The zero-order valence-corrected chi connectivity index (χ0v) is 13.4. The highest BCUT2D eigenvalue weighted by Gasteiger charge is 2.32. The highest BCUT2D eigenvalue weighted by molar-refractivity contribution is 6.30. The van der Waals surface area contributed by atoms with Crippen molar-refractivity contribution in [3.63, 3.8) is 0 Å². The maximum atomic E-state index is 12.3. The predicted molar refractivity (Wildman–Crippen MR) is 89.3 cm³/mol. The number of hydrogen-bond donors (Lipinski definition) is 1. The van der Waals surface area contributed by atoms with Gasteiger partial charge in [0.15, 0.2) is 12.2 Å². The predicted octanol–water partition coefficient (Wildman–Crippen LogP) is 3.31. The second-order valence-electron chi connectivity index (χ2n) is 5.11. The third-order valence-electron chi connectivity index (χ3n) is 3.35. The molecule has 0 spiro atoms. The molecule has 2 aromatic rings. The molecular formula is C18H14ClNO4. The van der Waals surface area contributed by atoms with Crippen LogP contribution in [0.3, 0.4) is 0 Å². The van der Waals surface area contributed by atoms with Crippen LogP contribution in [0.2, 0.25) is 5.02 Å². The Morgan fingerprint density at radius 2 is 1.96 bits per heavy atom. The lowest BCUT2D eigenvalue weighted by Crippen LogP contribution is -2.16. The molecule has 0 aliphatic carbocycles. The van der Waals surface area contributed by atoms with Crippen molar-refractivity contribution < 1.29 is 19.1 Å². The van der Waals surface area contributed by atoms with E-state index in [0.717, 1.165) is 5.56 Å². The number of Topliss-reactive ketones (excluding diaryl/α,β-unsaturated/α-hetero) is 1. The average Bonchev–Trinajstić information content (AvgIpc) is 2.94. The number of para-hydroxylation sites is 1. The Kier molecular flexibility index (Phi) is 4.82. The van der Waals surface area contributed by atoms with E-state index in [-0.39, 0.29) is 24.7 Å². The SMILES string of the molecule is O=C1COC(Nc2ccccc2)=C1C(=O)OCc1cccc(Cl)c1. The summed E-state index contributed by atoms with van der Waals surface area (Å²) in [6, 6.07) is 16.1. The van der Waals surface area contributed by atoms with Crippen molar-refractivity contribution in [1.29, 1.82) is 0 Å². The van der Waals surface area contributed by atoms with Gasteiger partial charge in [-0.05, 0) is 29.8 Å². The van der Waals surface area contributed by atoms with Gasteiger partial charge in [0.25, 0.3) is 0 Å². The highest BCUT2D eigenvalue weighted by atomic mass is 35.5. The first-order chi connectivity index (χ1) is 11.6. The largest absolute Gasteiger partial charge is 0.470 e. The first kappa shape index (κ1) is 16.1. The van der Waals surface area contributed by atoms with Crippen LogP contribution in [0, 0.1) is 0 Å². The third-order valence-corrected chi connectivity index (χ3v) is 3.58. The number of carbonyl (C=O) groups excluding carboxylic acids is 2. The molecule has 2 aromatic carbocycles. The molecule has 0 bridgehead atoms. The summed E-state index contributed by atoms with van der Waals surface area (Å²) >= 11 is 5.89. The molecule has 1 heterocycles. The van der Waals surface area contributed by atoms with Crippen LogP contribution in [0.1, 0.15) is 5.56 Å². The van der Waals surface area contributed by atoms with Gasteiger partial charge in [-0.2, -0.15) is 0 Å². The van der Waals surface area contributed by atoms with Gasteiger partial charge in [-0.3, -0.25) is 4.79 Å². The first-order valence-electron chi connectivity index (χ1n) is 7.27. The molecule has 1 N–H and O–H groups in total. The van der Waals surface area contributed by atoms with Crippen LogP contribution in [-0.4, -0.2) is 18.4 Å². The smallest absolute Gasteiger partial charge is 0.347 e. The standard InChI is InChI=1S/C18H14ClNO4/c19-13-6-4-5-12(9-13)10-24-18(22)16-15(21)11-23-17(16)20-14-7-2-1-3-8-14/h1-9,20H,10-11H2. The molecule has 1 aliphatic rings. The normalized spacial score (nSPS) is 13.6. The molecule has 0 saturated heterocycles. The highest BCUT2D eigenvalue weighted by Crippen LogP contribution is 2.21. The van der Waals surface area contributed by atoms with E-state index >= 15 is 0 Å². The van der Waals surface area contributed by atoms with Crippen molar-refractivity contribution in [2.45, 2.75) is 6.61 Å². The Bertz CT molecular complexity index is 802. The quantitative estimate of drug-likeness (QED) is 0.666. The van der Waals surface area contributed by atoms with Gasteiger partial charge < -0.3 is 14.8 Å². The molecule has 1 aliphatic heterocycles. The molecule has 0 atom stereocenters. The first-order valence-corrected chi connectivity index (χ1v) is 7.65. The molecule has 0 amide bonds. The number of ketones is 1. The van der Waals surface area contributed by atoms with Gasteiger partial charge in [-0.15, -0.1) is 0 Å². The molecule has 5 nitrogen and oxygen atoms in total. The van der Waals surface area contributed by atoms with Gasteiger partial charge in [0.05, 0.1) is 0 Å². The van der Waals surface area contributed by atoms with Gasteiger partial charge in [0.1, 0.15) is 6.61 Å². The number of anilines is 1. The zero-order chi connectivity index (χ0) is 16.9. The van der Waals surface area contributed by atoms with Crippen molar-refractivity contribution in [1.82, 2.24) is 0 Å². The van der Waals surface area contributed by atoms with Crippen LogP contribution < -0.4 is 5.32 Å². The van der Waals surface area contributed by atoms with Crippen LogP contribution in [-0.2, 0) is 25.7 Å². The summed E-state index contributed by atoms with van der Waals surface area (Å²) in [5, 5.41) is 3.47. The lowest BCUT2D eigenvalue weighted by atomic mass is 10.2. The van der Waals surface area contributed by atoms with Crippen LogP contribution in [0.5, 0.6) is 0 Å². The van der Waals surface area contributed by atoms with Crippen molar-refractivity contribution in [2.75, 3.05) is 11.9 Å². The summed E-state index contributed by atoms with van der Waals surface area (Å²) in [7, 11) is 0. The van der Waals surface area contributed by atoms with Crippen molar-refractivity contribution >= 4 is 29.0 Å². The summed E-state index contributed by atoms with van der Waals surface area (Å²) in [6.45, 7) is -0.161. The number of halogens is 1. The molecule has 24 heavy (non-hydrogen) atoms. The summed E-state index contributed by atoms with van der Waals surface area (Å²) in [6.07, 6.45) is 0. The minimum absolute atomic E-state index is 0.0226. The van der Waals surface area contributed by atoms with E-state index < -0.39 is 11.8 Å². The number of nitrogens with one attached hydrogen (secondary N) is 1. The number of ether oxygens (including phenoxy) is 2. The van der Waals surface area contributed by atoms with Gasteiger partial charge >= 0.3 is 5.97 Å². The number of rotatable bonds is 5. The van der Waals surface area contributed by atoms with Gasteiger partial charge in [-0.25, -0.2) is 4.79 Å². The Balaban J connectivity index is 1.73. The number of benzene rings is 2.